The molecule has 0 aliphatic carbocycles. The number of carbonyl (C=O) groups excluding carboxylic acids is 1. The highest BCUT2D eigenvalue weighted by Gasteiger charge is 2.22. The number of benzene rings is 1. The van der Waals surface area contributed by atoms with Crippen molar-refractivity contribution in [3.05, 3.63) is 35.6 Å². The number of amides is 1. The monoisotopic (exact) mass is 265 g/mol. The standard InChI is InChI=1S/C16H24FNO/c1-11(2)15(19)18-14(10-16(3,4)5)12-6-8-13(17)9-7-12/h6-9,11,14H,10H2,1-5H3,(H,18,19)/t14-/m0/s1. The Balaban J connectivity index is 2.92. The molecule has 106 valence electrons. The predicted molar refractivity (Wildman–Crippen MR) is 76.2 cm³/mol. The molecule has 1 aromatic rings. The van der Waals surface area contributed by atoms with E-state index in [0.29, 0.717) is 0 Å². The van der Waals surface area contributed by atoms with Crippen LogP contribution in [0.25, 0.3) is 0 Å². The molecule has 3 heteroatoms. The van der Waals surface area contributed by atoms with Crippen LogP contribution in [0.15, 0.2) is 24.3 Å². The second kappa shape index (κ2) is 6.18. The summed E-state index contributed by atoms with van der Waals surface area (Å²) in [6.45, 7) is 10.1. The van der Waals surface area contributed by atoms with Crippen molar-refractivity contribution in [1.29, 1.82) is 0 Å². The molecule has 1 rings (SSSR count). The summed E-state index contributed by atoms with van der Waals surface area (Å²) in [6.07, 6.45) is 0.817. The summed E-state index contributed by atoms with van der Waals surface area (Å²) in [5.74, 6) is -0.282. The molecule has 0 saturated carbocycles. The van der Waals surface area contributed by atoms with Gasteiger partial charge in [0.25, 0.3) is 0 Å². The lowest BCUT2D eigenvalue weighted by molar-refractivity contribution is -0.124. The van der Waals surface area contributed by atoms with E-state index in [9.17, 15) is 9.18 Å². The molecule has 0 bridgehead atoms. The molecule has 0 fully saturated rings. The third kappa shape index (κ3) is 5.41. The van der Waals surface area contributed by atoms with Gasteiger partial charge >= 0.3 is 0 Å². The predicted octanol–water partition coefficient (Wildman–Crippen LogP) is 4.08. The van der Waals surface area contributed by atoms with E-state index >= 15 is 0 Å². The smallest absolute Gasteiger partial charge is 0.223 e. The Kier molecular flexibility index (Phi) is 5.10. The van der Waals surface area contributed by atoms with Gasteiger partial charge in [-0.05, 0) is 29.5 Å². The van der Waals surface area contributed by atoms with E-state index in [4.69, 9.17) is 0 Å². The van der Waals surface area contributed by atoms with Crippen LogP contribution in [0.2, 0.25) is 0 Å². The average molecular weight is 265 g/mol. The van der Waals surface area contributed by atoms with Crippen LogP contribution in [-0.4, -0.2) is 5.91 Å². The Labute approximate surface area is 115 Å². The molecule has 0 saturated heterocycles. The van der Waals surface area contributed by atoms with Gasteiger partial charge in [-0.2, -0.15) is 0 Å². The third-order valence-corrected chi connectivity index (χ3v) is 2.93. The Morgan fingerprint density at radius 2 is 1.74 bits per heavy atom. The minimum Gasteiger partial charge on any atom is -0.349 e. The molecule has 0 spiro atoms. The molecular formula is C16H24FNO. The van der Waals surface area contributed by atoms with Gasteiger partial charge in [0.2, 0.25) is 5.91 Å². The van der Waals surface area contributed by atoms with Gasteiger partial charge in [0.05, 0.1) is 6.04 Å². The summed E-state index contributed by atoms with van der Waals surface area (Å²) in [5.41, 5.74) is 1.04. The lowest BCUT2D eigenvalue weighted by Gasteiger charge is -2.28. The fourth-order valence-corrected chi connectivity index (χ4v) is 1.90. The van der Waals surface area contributed by atoms with Crippen LogP contribution in [0.1, 0.15) is 52.6 Å². The minimum absolute atomic E-state index is 0.0265. The molecule has 1 aromatic carbocycles. The average Bonchev–Trinajstić information content (AvgIpc) is 2.27. The maximum atomic E-state index is 13.0. The number of carbonyl (C=O) groups is 1. The van der Waals surface area contributed by atoms with E-state index in [-0.39, 0.29) is 29.1 Å². The molecule has 0 radical (unpaired) electrons. The molecule has 0 unspecified atom stereocenters. The second-order valence-corrected chi connectivity index (χ2v) is 6.53. The molecule has 1 N–H and O–H groups in total. The lowest BCUT2D eigenvalue weighted by atomic mass is 9.85. The summed E-state index contributed by atoms with van der Waals surface area (Å²) in [4.78, 5) is 11.9. The number of rotatable bonds is 4. The van der Waals surface area contributed by atoms with E-state index in [1.807, 2.05) is 13.8 Å². The molecule has 1 atom stereocenters. The summed E-state index contributed by atoms with van der Waals surface area (Å²) < 4.78 is 13.0. The summed E-state index contributed by atoms with van der Waals surface area (Å²) in [5, 5.41) is 3.05. The van der Waals surface area contributed by atoms with Crippen LogP contribution in [-0.2, 0) is 4.79 Å². The normalized spacial score (nSPS) is 13.4. The first-order valence-electron chi connectivity index (χ1n) is 6.75. The van der Waals surface area contributed by atoms with Crippen molar-refractivity contribution >= 4 is 5.91 Å². The van der Waals surface area contributed by atoms with Crippen LogP contribution in [0.5, 0.6) is 0 Å². The first kappa shape index (κ1) is 15.7. The van der Waals surface area contributed by atoms with Crippen LogP contribution < -0.4 is 5.32 Å². The molecular weight excluding hydrogens is 241 g/mol. The maximum Gasteiger partial charge on any atom is 0.223 e. The van der Waals surface area contributed by atoms with Crippen molar-refractivity contribution in [2.45, 2.75) is 47.1 Å². The molecule has 2 nitrogen and oxygen atoms in total. The third-order valence-electron chi connectivity index (χ3n) is 2.93. The van der Waals surface area contributed by atoms with Crippen LogP contribution >= 0.6 is 0 Å². The Morgan fingerprint density at radius 1 is 1.21 bits per heavy atom. The van der Waals surface area contributed by atoms with Crippen molar-refractivity contribution in [3.8, 4) is 0 Å². The van der Waals surface area contributed by atoms with E-state index in [1.165, 1.54) is 12.1 Å². The zero-order chi connectivity index (χ0) is 14.6. The largest absolute Gasteiger partial charge is 0.349 e. The fraction of sp³-hybridized carbons (Fsp3) is 0.562. The second-order valence-electron chi connectivity index (χ2n) is 6.53. The van der Waals surface area contributed by atoms with Crippen molar-refractivity contribution in [1.82, 2.24) is 5.32 Å². The van der Waals surface area contributed by atoms with Gasteiger partial charge in [0.15, 0.2) is 0 Å². The van der Waals surface area contributed by atoms with Crippen molar-refractivity contribution in [3.63, 3.8) is 0 Å². The molecule has 1 amide bonds. The maximum absolute atomic E-state index is 13.0. The number of hydrogen-bond acceptors (Lipinski definition) is 1. The number of nitrogens with one attached hydrogen (secondary N) is 1. The van der Waals surface area contributed by atoms with E-state index in [1.54, 1.807) is 12.1 Å². The zero-order valence-corrected chi connectivity index (χ0v) is 12.5. The first-order chi connectivity index (χ1) is 8.69. The fourth-order valence-electron chi connectivity index (χ4n) is 1.90. The first-order valence-corrected chi connectivity index (χ1v) is 6.75. The van der Waals surface area contributed by atoms with Gasteiger partial charge in [0.1, 0.15) is 5.82 Å². The van der Waals surface area contributed by atoms with E-state index in [2.05, 4.69) is 26.1 Å². The van der Waals surface area contributed by atoms with Crippen LogP contribution in [0.3, 0.4) is 0 Å². The van der Waals surface area contributed by atoms with Crippen molar-refractivity contribution < 1.29 is 9.18 Å². The van der Waals surface area contributed by atoms with Crippen LogP contribution in [0.4, 0.5) is 4.39 Å². The minimum atomic E-state index is -0.256. The molecule has 19 heavy (non-hydrogen) atoms. The molecule has 0 aliphatic heterocycles. The lowest BCUT2D eigenvalue weighted by Crippen LogP contribution is -2.34. The molecule has 0 aromatic heterocycles. The highest BCUT2D eigenvalue weighted by molar-refractivity contribution is 5.78. The van der Waals surface area contributed by atoms with Crippen molar-refractivity contribution in [2.75, 3.05) is 0 Å². The van der Waals surface area contributed by atoms with Gasteiger partial charge in [-0.1, -0.05) is 46.8 Å². The Bertz CT molecular complexity index is 417. The Hall–Kier alpha value is -1.38. The van der Waals surface area contributed by atoms with E-state index in [0.717, 1.165) is 12.0 Å². The highest BCUT2D eigenvalue weighted by Crippen LogP contribution is 2.29. The highest BCUT2D eigenvalue weighted by atomic mass is 19.1. The zero-order valence-electron chi connectivity index (χ0n) is 12.5. The number of hydrogen-bond donors (Lipinski definition) is 1. The Morgan fingerprint density at radius 3 is 2.16 bits per heavy atom. The SMILES string of the molecule is CC(C)C(=O)N[C@@H](CC(C)(C)C)c1ccc(F)cc1. The van der Waals surface area contributed by atoms with Gasteiger partial charge in [0, 0.05) is 5.92 Å². The molecule has 0 heterocycles. The van der Waals surface area contributed by atoms with Crippen molar-refractivity contribution in [2.24, 2.45) is 11.3 Å². The van der Waals surface area contributed by atoms with Gasteiger partial charge in [-0.25, -0.2) is 4.39 Å². The van der Waals surface area contributed by atoms with Gasteiger partial charge in [-0.3, -0.25) is 4.79 Å². The molecule has 0 aliphatic rings. The topological polar surface area (TPSA) is 29.1 Å². The van der Waals surface area contributed by atoms with Gasteiger partial charge < -0.3 is 5.32 Å². The number of halogens is 1. The summed E-state index contributed by atoms with van der Waals surface area (Å²) in [7, 11) is 0. The van der Waals surface area contributed by atoms with E-state index < -0.39 is 0 Å². The van der Waals surface area contributed by atoms with Gasteiger partial charge in [-0.15, -0.1) is 0 Å². The summed E-state index contributed by atoms with van der Waals surface area (Å²) >= 11 is 0. The summed E-state index contributed by atoms with van der Waals surface area (Å²) in [6, 6.07) is 6.29. The van der Waals surface area contributed by atoms with Crippen LogP contribution in [0, 0.1) is 17.2 Å². The quantitative estimate of drug-likeness (QED) is 0.873.